The predicted octanol–water partition coefficient (Wildman–Crippen LogP) is 8.84. The van der Waals surface area contributed by atoms with E-state index >= 15 is 0 Å². The summed E-state index contributed by atoms with van der Waals surface area (Å²) in [6.45, 7) is 0. The molecule has 0 amide bonds. The SMILES string of the molecule is COC(=O)c1ccc2ccccc2c1C1(Nc2ccc(-c3cccc4ccccc34)cc2)C=CC(Cl)=CC1. The maximum absolute atomic E-state index is 13.0. The molecule has 0 aromatic heterocycles. The zero-order chi connectivity index (χ0) is 26.1. The highest BCUT2D eigenvalue weighted by Crippen LogP contribution is 2.42. The van der Waals surface area contributed by atoms with Crippen LogP contribution in [0.25, 0.3) is 32.7 Å². The monoisotopic (exact) mass is 515 g/mol. The number of carbonyl (C=O) groups is 1. The van der Waals surface area contributed by atoms with E-state index in [0.29, 0.717) is 17.0 Å². The summed E-state index contributed by atoms with van der Waals surface area (Å²) in [6.07, 6.45) is 6.51. The van der Waals surface area contributed by atoms with Crippen molar-refractivity contribution in [1.29, 1.82) is 0 Å². The Hall–Kier alpha value is -4.34. The first-order valence-electron chi connectivity index (χ1n) is 12.6. The van der Waals surface area contributed by atoms with Crippen molar-refractivity contribution in [2.24, 2.45) is 0 Å². The van der Waals surface area contributed by atoms with E-state index in [0.717, 1.165) is 27.6 Å². The van der Waals surface area contributed by atoms with Crippen LogP contribution in [0.1, 0.15) is 22.3 Å². The largest absolute Gasteiger partial charge is 0.465 e. The number of anilines is 1. The average molecular weight is 516 g/mol. The predicted molar refractivity (Wildman–Crippen MR) is 158 cm³/mol. The van der Waals surface area contributed by atoms with Gasteiger partial charge in [0.1, 0.15) is 0 Å². The minimum absolute atomic E-state index is 0.368. The second-order valence-corrected chi connectivity index (χ2v) is 9.96. The molecule has 1 unspecified atom stereocenters. The number of fused-ring (bicyclic) bond motifs is 2. The molecular formula is C34H26ClNO2. The highest BCUT2D eigenvalue weighted by atomic mass is 35.5. The smallest absolute Gasteiger partial charge is 0.338 e. The molecule has 1 atom stereocenters. The fraction of sp³-hybridized carbons (Fsp3) is 0.0882. The van der Waals surface area contributed by atoms with E-state index in [1.54, 1.807) is 0 Å². The molecule has 0 bridgehead atoms. The Balaban J connectivity index is 1.46. The molecule has 3 nitrogen and oxygen atoms in total. The molecule has 0 aliphatic heterocycles. The van der Waals surface area contributed by atoms with Gasteiger partial charge in [-0.1, -0.05) is 109 Å². The molecule has 1 N–H and O–H groups in total. The van der Waals surface area contributed by atoms with Crippen LogP contribution in [-0.2, 0) is 10.3 Å². The lowest BCUT2D eigenvalue weighted by atomic mass is 9.78. The van der Waals surface area contributed by atoms with Crippen LogP contribution in [0.4, 0.5) is 5.69 Å². The lowest BCUT2D eigenvalue weighted by Crippen LogP contribution is -2.36. The fourth-order valence-electron chi connectivity index (χ4n) is 5.46. The van der Waals surface area contributed by atoms with Gasteiger partial charge in [0.2, 0.25) is 0 Å². The molecule has 0 fully saturated rings. The quantitative estimate of drug-likeness (QED) is 0.237. The van der Waals surface area contributed by atoms with Crippen LogP contribution >= 0.6 is 11.6 Å². The Kier molecular flexibility index (Phi) is 6.22. The van der Waals surface area contributed by atoms with Crippen molar-refractivity contribution in [3.8, 4) is 11.1 Å². The first kappa shape index (κ1) is 24.0. The maximum Gasteiger partial charge on any atom is 0.338 e. The fourth-order valence-corrected chi connectivity index (χ4v) is 5.60. The van der Waals surface area contributed by atoms with Gasteiger partial charge in [-0.15, -0.1) is 0 Å². The minimum Gasteiger partial charge on any atom is -0.465 e. The average Bonchev–Trinajstić information content (AvgIpc) is 2.97. The van der Waals surface area contributed by atoms with Crippen LogP contribution in [0.5, 0.6) is 0 Å². The van der Waals surface area contributed by atoms with Crippen molar-refractivity contribution in [2.45, 2.75) is 12.0 Å². The number of hydrogen-bond acceptors (Lipinski definition) is 3. The van der Waals surface area contributed by atoms with Gasteiger partial charge in [-0.05, 0) is 63.4 Å². The van der Waals surface area contributed by atoms with Gasteiger partial charge < -0.3 is 10.1 Å². The van der Waals surface area contributed by atoms with Crippen molar-refractivity contribution in [3.05, 3.63) is 138 Å². The molecule has 0 heterocycles. The van der Waals surface area contributed by atoms with Crippen molar-refractivity contribution in [1.82, 2.24) is 0 Å². The zero-order valence-corrected chi connectivity index (χ0v) is 21.7. The van der Waals surface area contributed by atoms with Gasteiger partial charge in [0.05, 0.1) is 18.2 Å². The van der Waals surface area contributed by atoms with Crippen LogP contribution < -0.4 is 5.32 Å². The van der Waals surface area contributed by atoms with Crippen LogP contribution in [-0.4, -0.2) is 13.1 Å². The summed E-state index contributed by atoms with van der Waals surface area (Å²) >= 11 is 6.37. The summed E-state index contributed by atoms with van der Waals surface area (Å²) in [7, 11) is 1.42. The van der Waals surface area contributed by atoms with E-state index in [1.807, 2.05) is 36.4 Å². The second kappa shape index (κ2) is 9.85. The molecule has 0 saturated heterocycles. The Morgan fingerprint density at radius 2 is 1.50 bits per heavy atom. The van der Waals surface area contributed by atoms with Crippen molar-refractivity contribution in [3.63, 3.8) is 0 Å². The van der Waals surface area contributed by atoms with Gasteiger partial charge in [-0.2, -0.15) is 0 Å². The van der Waals surface area contributed by atoms with Gasteiger partial charge in [0.25, 0.3) is 0 Å². The summed E-state index contributed by atoms with van der Waals surface area (Å²) in [5.74, 6) is -0.368. The van der Waals surface area contributed by atoms with E-state index in [1.165, 1.54) is 23.4 Å². The number of carbonyl (C=O) groups excluding carboxylic acids is 1. The summed E-state index contributed by atoms with van der Waals surface area (Å²) < 4.78 is 5.20. The van der Waals surface area contributed by atoms with E-state index < -0.39 is 5.54 Å². The van der Waals surface area contributed by atoms with Crippen LogP contribution in [0, 0.1) is 0 Å². The number of ether oxygens (including phenoxy) is 1. The molecule has 38 heavy (non-hydrogen) atoms. The first-order valence-corrected chi connectivity index (χ1v) is 13.0. The van der Waals surface area contributed by atoms with E-state index in [-0.39, 0.29) is 5.97 Å². The Bertz CT molecular complexity index is 1730. The Morgan fingerprint density at radius 1 is 0.816 bits per heavy atom. The maximum atomic E-state index is 13.0. The topological polar surface area (TPSA) is 38.3 Å². The third-order valence-electron chi connectivity index (χ3n) is 7.28. The molecular weight excluding hydrogens is 490 g/mol. The van der Waals surface area contributed by atoms with E-state index in [4.69, 9.17) is 16.3 Å². The Labute approximate surface area is 227 Å². The Morgan fingerprint density at radius 3 is 2.21 bits per heavy atom. The third kappa shape index (κ3) is 4.25. The van der Waals surface area contributed by atoms with Crippen molar-refractivity contribution in [2.75, 3.05) is 12.4 Å². The molecule has 1 aliphatic carbocycles. The van der Waals surface area contributed by atoms with Gasteiger partial charge in [-0.3, -0.25) is 0 Å². The lowest BCUT2D eigenvalue weighted by Gasteiger charge is -2.37. The molecule has 0 saturated carbocycles. The third-order valence-corrected chi connectivity index (χ3v) is 7.56. The molecule has 0 spiro atoms. The molecule has 4 heteroatoms. The van der Waals surface area contributed by atoms with E-state index in [2.05, 4.69) is 90.3 Å². The van der Waals surface area contributed by atoms with Crippen molar-refractivity contribution >= 4 is 44.8 Å². The zero-order valence-electron chi connectivity index (χ0n) is 20.9. The molecule has 0 radical (unpaired) electrons. The summed E-state index contributed by atoms with van der Waals surface area (Å²) in [5, 5.41) is 8.92. The summed E-state index contributed by atoms with van der Waals surface area (Å²) in [5.41, 5.74) is 3.97. The number of methoxy groups -OCH3 is 1. The number of halogens is 1. The lowest BCUT2D eigenvalue weighted by molar-refractivity contribution is 0.0598. The molecule has 186 valence electrons. The highest BCUT2D eigenvalue weighted by molar-refractivity contribution is 6.31. The highest BCUT2D eigenvalue weighted by Gasteiger charge is 2.36. The summed E-state index contributed by atoms with van der Waals surface area (Å²) in [6, 6.07) is 35.2. The van der Waals surface area contributed by atoms with Gasteiger partial charge in [0, 0.05) is 16.3 Å². The molecule has 5 aromatic rings. The van der Waals surface area contributed by atoms with Crippen LogP contribution in [0.3, 0.4) is 0 Å². The van der Waals surface area contributed by atoms with Gasteiger partial charge in [0.15, 0.2) is 0 Å². The van der Waals surface area contributed by atoms with E-state index in [9.17, 15) is 4.79 Å². The number of benzene rings is 5. The summed E-state index contributed by atoms with van der Waals surface area (Å²) in [4.78, 5) is 13.0. The standard InChI is InChI=1S/C34H26ClNO2/c1-38-33(37)31-18-15-24-8-3-5-11-30(24)32(31)34(21-19-26(35)20-22-34)36-27-16-13-25(14-17-27)29-12-6-9-23-7-2-4-10-28(23)29/h2-21,36H,22H2,1H3. The van der Waals surface area contributed by atoms with Crippen LogP contribution in [0.15, 0.2) is 126 Å². The second-order valence-electron chi connectivity index (χ2n) is 9.53. The van der Waals surface area contributed by atoms with Crippen molar-refractivity contribution < 1.29 is 9.53 Å². The number of esters is 1. The number of allylic oxidation sites excluding steroid dienone is 2. The molecule has 1 aliphatic rings. The molecule has 6 rings (SSSR count). The first-order chi connectivity index (χ1) is 18.6. The van der Waals surface area contributed by atoms with Crippen LogP contribution in [0.2, 0.25) is 0 Å². The number of hydrogen-bond donors (Lipinski definition) is 1. The van der Waals surface area contributed by atoms with Gasteiger partial charge in [-0.25, -0.2) is 4.79 Å². The number of nitrogens with one attached hydrogen (secondary N) is 1. The normalized spacial score (nSPS) is 16.8. The minimum atomic E-state index is -0.705. The number of rotatable bonds is 5. The van der Waals surface area contributed by atoms with Gasteiger partial charge >= 0.3 is 5.97 Å². The molecule has 5 aromatic carbocycles.